The van der Waals surface area contributed by atoms with Gasteiger partial charge in [0.25, 0.3) is 0 Å². The molecule has 5 heteroatoms. The average molecular weight is 231 g/mol. The van der Waals surface area contributed by atoms with E-state index in [0.29, 0.717) is 18.4 Å². The third-order valence-electron chi connectivity index (χ3n) is 2.27. The van der Waals surface area contributed by atoms with E-state index in [4.69, 9.17) is 16.2 Å². The summed E-state index contributed by atoms with van der Waals surface area (Å²) in [4.78, 5) is 11.4. The molecule has 0 saturated heterocycles. The van der Waals surface area contributed by atoms with Crippen molar-refractivity contribution in [3.8, 4) is 0 Å². The van der Waals surface area contributed by atoms with Crippen molar-refractivity contribution in [2.45, 2.75) is 17.7 Å². The highest BCUT2D eigenvalue weighted by molar-refractivity contribution is 7.79. The molecule has 1 N–H and O–H groups in total. The first-order valence-electron chi connectivity index (χ1n) is 4.06. The zero-order chi connectivity index (χ0) is 10.3. The van der Waals surface area contributed by atoms with Crippen molar-refractivity contribution in [1.29, 1.82) is 0 Å². The van der Waals surface area contributed by atoms with E-state index in [2.05, 4.69) is 0 Å². The Morgan fingerprint density at radius 1 is 1.36 bits per heavy atom. The lowest BCUT2D eigenvalue weighted by molar-refractivity contribution is 0.0994. The maximum absolute atomic E-state index is 11.3. The minimum Gasteiger partial charge on any atom is -0.302 e. The van der Waals surface area contributed by atoms with Crippen LogP contribution in [0.5, 0.6) is 0 Å². The molecule has 0 aliphatic heterocycles. The lowest BCUT2D eigenvalue weighted by Crippen LogP contribution is -1.96. The molecule has 2 rings (SSSR count). The van der Waals surface area contributed by atoms with Gasteiger partial charge in [0.2, 0.25) is 0 Å². The van der Waals surface area contributed by atoms with E-state index in [1.807, 2.05) is 0 Å². The van der Waals surface area contributed by atoms with Gasteiger partial charge in [0.15, 0.2) is 16.9 Å². The second-order valence-corrected chi connectivity index (χ2v) is 4.46. The van der Waals surface area contributed by atoms with Crippen LogP contribution >= 0.6 is 11.6 Å². The number of hydrogen-bond acceptors (Lipinski definition) is 2. The Bertz CT molecular complexity index is 441. The van der Waals surface area contributed by atoms with Gasteiger partial charge in [-0.2, -0.15) is 0 Å². The molecule has 3 nitrogen and oxygen atoms in total. The van der Waals surface area contributed by atoms with Crippen LogP contribution in [0.15, 0.2) is 17.0 Å². The Balaban J connectivity index is 2.62. The van der Waals surface area contributed by atoms with Crippen LogP contribution in [-0.4, -0.2) is 14.5 Å². The number of carbonyl (C=O) groups excluding carboxylic acids is 1. The zero-order valence-corrected chi connectivity index (χ0v) is 8.69. The van der Waals surface area contributed by atoms with Crippen molar-refractivity contribution in [1.82, 2.24) is 0 Å². The summed E-state index contributed by atoms with van der Waals surface area (Å²) in [6.07, 6.45) is 1.14. The van der Waals surface area contributed by atoms with Crippen molar-refractivity contribution in [3.05, 3.63) is 28.3 Å². The van der Waals surface area contributed by atoms with E-state index in [-0.39, 0.29) is 15.7 Å². The Labute approximate surface area is 88.4 Å². The molecule has 1 unspecified atom stereocenters. The standard InChI is InChI=1S/C9H7ClO3S/c10-7-3-5-1-2-8(11)6(5)4-9(7)14(12)13/h3-4H,1-2H2,(H,12,13). The Hall–Kier alpha value is -0.710. The predicted octanol–water partition coefficient (Wildman–Crippen LogP) is 2.05. The van der Waals surface area contributed by atoms with Gasteiger partial charge in [0, 0.05) is 12.0 Å². The number of Topliss-reactive ketones (excluding diaryl/α,β-unsaturated/α-hetero) is 1. The van der Waals surface area contributed by atoms with Crippen molar-refractivity contribution in [3.63, 3.8) is 0 Å². The number of fused-ring (bicyclic) bond motifs is 1. The fourth-order valence-corrected chi connectivity index (χ4v) is 2.41. The minimum absolute atomic E-state index is 0.0170. The zero-order valence-electron chi connectivity index (χ0n) is 7.12. The van der Waals surface area contributed by atoms with Gasteiger partial charge in [0.05, 0.1) is 9.92 Å². The molecule has 74 valence electrons. The molecular formula is C9H7ClO3S. The van der Waals surface area contributed by atoms with E-state index in [1.54, 1.807) is 6.07 Å². The van der Waals surface area contributed by atoms with Gasteiger partial charge < -0.3 is 4.55 Å². The Kier molecular flexibility index (Phi) is 2.43. The maximum atomic E-state index is 11.3. The van der Waals surface area contributed by atoms with Crippen molar-refractivity contribution in [2.75, 3.05) is 0 Å². The lowest BCUT2D eigenvalue weighted by atomic mass is 10.1. The molecule has 1 atom stereocenters. The van der Waals surface area contributed by atoms with Crippen molar-refractivity contribution < 1.29 is 13.6 Å². The van der Waals surface area contributed by atoms with Gasteiger partial charge in [-0.3, -0.25) is 4.79 Å². The summed E-state index contributed by atoms with van der Waals surface area (Å²) >= 11 is 3.65. The molecule has 0 fully saturated rings. The molecule has 14 heavy (non-hydrogen) atoms. The highest BCUT2D eigenvalue weighted by Gasteiger charge is 2.22. The highest BCUT2D eigenvalue weighted by Crippen LogP contribution is 2.29. The molecule has 1 aliphatic rings. The summed E-state index contributed by atoms with van der Waals surface area (Å²) < 4.78 is 19.7. The van der Waals surface area contributed by atoms with Crippen LogP contribution < -0.4 is 0 Å². The van der Waals surface area contributed by atoms with E-state index >= 15 is 0 Å². The van der Waals surface area contributed by atoms with Crippen molar-refractivity contribution in [2.24, 2.45) is 0 Å². The van der Waals surface area contributed by atoms with Crippen LogP contribution in [0.1, 0.15) is 22.3 Å². The third-order valence-corrected chi connectivity index (χ3v) is 3.41. The Morgan fingerprint density at radius 2 is 2.07 bits per heavy atom. The van der Waals surface area contributed by atoms with Crippen LogP contribution in [0.4, 0.5) is 0 Å². The fourth-order valence-electron chi connectivity index (χ4n) is 1.58. The van der Waals surface area contributed by atoms with Crippen LogP contribution in [0, 0.1) is 0 Å². The van der Waals surface area contributed by atoms with E-state index < -0.39 is 11.1 Å². The number of benzene rings is 1. The molecular weight excluding hydrogens is 224 g/mol. The second-order valence-electron chi connectivity index (χ2n) is 3.11. The maximum Gasteiger partial charge on any atom is 0.188 e. The topological polar surface area (TPSA) is 54.4 Å². The molecule has 0 bridgehead atoms. The van der Waals surface area contributed by atoms with E-state index in [0.717, 1.165) is 5.56 Å². The van der Waals surface area contributed by atoms with Gasteiger partial charge in [-0.15, -0.1) is 0 Å². The number of halogens is 1. The monoisotopic (exact) mass is 230 g/mol. The number of hydrogen-bond donors (Lipinski definition) is 1. The first-order chi connectivity index (χ1) is 6.59. The second kappa shape index (κ2) is 3.46. The minimum atomic E-state index is -2.13. The molecule has 0 radical (unpaired) electrons. The molecule has 0 aromatic heterocycles. The number of ketones is 1. The van der Waals surface area contributed by atoms with Gasteiger partial charge in [-0.1, -0.05) is 11.6 Å². The van der Waals surface area contributed by atoms with Crippen LogP contribution in [0.2, 0.25) is 5.02 Å². The summed E-state index contributed by atoms with van der Waals surface area (Å²) in [5, 5.41) is 0.249. The molecule has 0 heterocycles. The summed E-state index contributed by atoms with van der Waals surface area (Å²) in [5.74, 6) is 0.0170. The van der Waals surface area contributed by atoms with Crippen LogP contribution in [-0.2, 0) is 17.5 Å². The SMILES string of the molecule is O=C1CCc2cc(Cl)c(S(=O)O)cc21. The third kappa shape index (κ3) is 1.49. The molecule has 0 spiro atoms. The fraction of sp³-hybridized carbons (Fsp3) is 0.222. The number of carbonyl (C=O) groups is 1. The number of rotatable bonds is 1. The molecule has 0 saturated carbocycles. The first-order valence-corrected chi connectivity index (χ1v) is 5.54. The largest absolute Gasteiger partial charge is 0.302 e. The number of aryl methyl sites for hydroxylation is 1. The highest BCUT2D eigenvalue weighted by atomic mass is 35.5. The van der Waals surface area contributed by atoms with Gasteiger partial charge in [0.1, 0.15) is 0 Å². The quantitative estimate of drug-likeness (QED) is 0.752. The predicted molar refractivity (Wildman–Crippen MR) is 53.1 cm³/mol. The first kappa shape index (κ1) is 9.83. The van der Waals surface area contributed by atoms with Crippen LogP contribution in [0.25, 0.3) is 0 Å². The van der Waals surface area contributed by atoms with E-state index in [9.17, 15) is 9.00 Å². The van der Waals surface area contributed by atoms with Gasteiger partial charge in [-0.25, -0.2) is 4.21 Å². The summed E-state index contributed by atoms with van der Waals surface area (Å²) in [5.41, 5.74) is 1.40. The molecule has 0 amide bonds. The molecule has 1 aliphatic carbocycles. The van der Waals surface area contributed by atoms with Gasteiger partial charge >= 0.3 is 0 Å². The Morgan fingerprint density at radius 3 is 2.71 bits per heavy atom. The summed E-state index contributed by atoms with van der Waals surface area (Å²) in [6, 6.07) is 3.02. The average Bonchev–Trinajstić information content (AvgIpc) is 2.46. The van der Waals surface area contributed by atoms with Crippen LogP contribution in [0.3, 0.4) is 0 Å². The van der Waals surface area contributed by atoms with Crippen molar-refractivity contribution >= 4 is 28.5 Å². The summed E-state index contributed by atoms with van der Waals surface area (Å²) in [7, 11) is 0. The smallest absolute Gasteiger partial charge is 0.188 e. The summed E-state index contributed by atoms with van der Waals surface area (Å²) in [6.45, 7) is 0. The van der Waals surface area contributed by atoms with Gasteiger partial charge in [-0.05, 0) is 24.1 Å². The van der Waals surface area contributed by atoms with E-state index in [1.165, 1.54) is 6.07 Å². The normalized spacial score (nSPS) is 16.9. The molecule has 1 aromatic carbocycles. The molecule has 1 aromatic rings. The lowest BCUT2D eigenvalue weighted by Gasteiger charge is -2.02.